The van der Waals surface area contributed by atoms with Gasteiger partial charge in [0.25, 0.3) is 0 Å². The smallest absolute Gasteiger partial charge is 0.486 e. The van der Waals surface area contributed by atoms with Gasteiger partial charge in [-0.2, -0.15) is 4.52 Å². The van der Waals surface area contributed by atoms with E-state index in [1.807, 2.05) is 25.8 Å². The second-order valence-electron chi connectivity index (χ2n) is 6.96. The molecular formula is C17H15ClF3N5O2. The summed E-state index contributed by atoms with van der Waals surface area (Å²) in [6.45, 7) is 4.40. The van der Waals surface area contributed by atoms with Gasteiger partial charge in [-0.15, -0.1) is 28.5 Å². The lowest BCUT2D eigenvalue weighted by molar-refractivity contribution is -0.274. The molecule has 0 bridgehead atoms. The summed E-state index contributed by atoms with van der Waals surface area (Å²) < 4.78 is 48.7. The van der Waals surface area contributed by atoms with Crippen LogP contribution in [-0.2, 0) is 0 Å². The number of benzene rings is 1. The van der Waals surface area contributed by atoms with Crippen LogP contribution in [0.25, 0.3) is 17.0 Å². The minimum Gasteiger partial charge on any atom is -0.486 e. The van der Waals surface area contributed by atoms with Crippen LogP contribution < -0.4 is 14.4 Å². The monoisotopic (exact) mass is 413 g/mol. The highest BCUT2D eigenvalue weighted by molar-refractivity contribution is 6.31. The van der Waals surface area contributed by atoms with Crippen molar-refractivity contribution in [3.05, 3.63) is 29.4 Å². The van der Waals surface area contributed by atoms with Crippen LogP contribution in [0.4, 0.5) is 18.9 Å². The molecule has 0 N–H and O–H groups in total. The molecule has 0 saturated heterocycles. The molecule has 3 heterocycles. The van der Waals surface area contributed by atoms with Gasteiger partial charge in [0, 0.05) is 12.6 Å². The zero-order valence-corrected chi connectivity index (χ0v) is 15.8. The van der Waals surface area contributed by atoms with Crippen molar-refractivity contribution in [1.82, 2.24) is 19.8 Å². The second-order valence-corrected chi connectivity index (χ2v) is 7.32. The predicted octanol–water partition coefficient (Wildman–Crippen LogP) is 3.95. The van der Waals surface area contributed by atoms with Gasteiger partial charge in [0.2, 0.25) is 5.65 Å². The van der Waals surface area contributed by atoms with Crippen molar-refractivity contribution in [3.8, 4) is 22.9 Å². The van der Waals surface area contributed by atoms with Crippen molar-refractivity contribution >= 4 is 22.9 Å². The number of halogens is 4. The van der Waals surface area contributed by atoms with Gasteiger partial charge in [-0.05, 0) is 26.0 Å². The Bertz CT molecular complexity index is 1070. The van der Waals surface area contributed by atoms with E-state index in [-0.39, 0.29) is 22.3 Å². The van der Waals surface area contributed by atoms with E-state index in [4.69, 9.17) is 16.3 Å². The molecule has 0 saturated carbocycles. The molecule has 1 aliphatic rings. The van der Waals surface area contributed by atoms with E-state index < -0.39 is 6.36 Å². The number of aromatic nitrogens is 4. The standard InChI is InChI=1S/C17H15ClF3N5O2/c1-16(2)8-27-12-11(25(16)3)15-23-22-14(26(15)24-13(12)18)9-5-4-6-10(7-9)28-17(19,20)21/h4-7H,8H2,1-3H3. The molecule has 0 atom stereocenters. The number of rotatable bonds is 2. The molecule has 28 heavy (non-hydrogen) atoms. The normalized spacial score (nSPS) is 16.0. The molecule has 0 unspecified atom stereocenters. The Morgan fingerprint density at radius 3 is 2.71 bits per heavy atom. The van der Waals surface area contributed by atoms with E-state index in [9.17, 15) is 13.2 Å². The lowest BCUT2D eigenvalue weighted by Crippen LogP contribution is -2.49. The van der Waals surface area contributed by atoms with Crippen LogP contribution in [0.1, 0.15) is 13.8 Å². The van der Waals surface area contributed by atoms with Crippen LogP contribution in [0.2, 0.25) is 5.15 Å². The molecule has 11 heteroatoms. The van der Waals surface area contributed by atoms with Gasteiger partial charge in [-0.1, -0.05) is 23.7 Å². The molecule has 0 spiro atoms. The fourth-order valence-corrected chi connectivity index (χ4v) is 3.17. The maximum Gasteiger partial charge on any atom is 0.573 e. The van der Waals surface area contributed by atoms with E-state index >= 15 is 0 Å². The van der Waals surface area contributed by atoms with Gasteiger partial charge in [0.15, 0.2) is 16.7 Å². The van der Waals surface area contributed by atoms with Crippen LogP contribution in [0.15, 0.2) is 24.3 Å². The topological polar surface area (TPSA) is 64.8 Å². The zero-order chi connectivity index (χ0) is 20.3. The highest BCUT2D eigenvalue weighted by Crippen LogP contribution is 2.43. The Balaban J connectivity index is 1.87. The third-order valence-corrected chi connectivity index (χ3v) is 4.83. The molecule has 0 radical (unpaired) electrons. The highest BCUT2D eigenvalue weighted by atomic mass is 35.5. The summed E-state index contributed by atoms with van der Waals surface area (Å²) in [5.41, 5.74) is 1.01. The number of nitrogens with zero attached hydrogens (tertiary/aromatic N) is 5. The van der Waals surface area contributed by atoms with Crippen molar-refractivity contribution < 1.29 is 22.6 Å². The van der Waals surface area contributed by atoms with E-state index in [0.717, 1.165) is 0 Å². The fraction of sp³-hybridized carbons (Fsp3) is 0.353. The number of alkyl halides is 3. The van der Waals surface area contributed by atoms with E-state index in [1.165, 1.54) is 22.7 Å². The lowest BCUT2D eigenvalue weighted by atomic mass is 10.0. The molecular weight excluding hydrogens is 399 g/mol. The second kappa shape index (κ2) is 6.13. The number of anilines is 1. The Morgan fingerprint density at radius 1 is 1.25 bits per heavy atom. The third kappa shape index (κ3) is 3.07. The van der Waals surface area contributed by atoms with Crippen LogP contribution in [0.5, 0.6) is 11.5 Å². The Labute approximate surface area is 162 Å². The summed E-state index contributed by atoms with van der Waals surface area (Å²) in [7, 11) is 1.88. The van der Waals surface area contributed by atoms with Crippen molar-refractivity contribution in [1.29, 1.82) is 0 Å². The van der Waals surface area contributed by atoms with Crippen LogP contribution >= 0.6 is 11.6 Å². The first-order valence-electron chi connectivity index (χ1n) is 8.24. The minimum absolute atomic E-state index is 0.105. The SMILES string of the molecule is CN1c2c(c(Cl)nn3c(-c4cccc(OC(F)(F)F)c4)nnc23)OCC1(C)C. The first kappa shape index (κ1) is 18.6. The van der Waals surface area contributed by atoms with E-state index in [0.29, 0.717) is 29.3 Å². The van der Waals surface area contributed by atoms with Gasteiger partial charge in [-0.3, -0.25) is 0 Å². The molecule has 1 aromatic carbocycles. The number of hydrogen-bond acceptors (Lipinski definition) is 6. The molecule has 0 amide bonds. The predicted molar refractivity (Wildman–Crippen MR) is 95.9 cm³/mol. The van der Waals surface area contributed by atoms with Crippen LogP contribution in [0, 0.1) is 0 Å². The zero-order valence-electron chi connectivity index (χ0n) is 15.1. The van der Waals surface area contributed by atoms with Gasteiger partial charge in [-0.25, -0.2) is 0 Å². The number of fused-ring (bicyclic) bond motifs is 3. The van der Waals surface area contributed by atoms with Gasteiger partial charge in [0.1, 0.15) is 18.0 Å². The summed E-state index contributed by atoms with van der Waals surface area (Å²) in [5, 5.41) is 12.6. The minimum atomic E-state index is -4.79. The lowest BCUT2D eigenvalue weighted by Gasteiger charge is -2.41. The van der Waals surface area contributed by atoms with Crippen LogP contribution in [-0.4, -0.2) is 45.4 Å². The molecule has 4 rings (SSSR count). The molecule has 3 aromatic rings. The fourth-order valence-electron chi connectivity index (χ4n) is 2.95. The summed E-state index contributed by atoms with van der Waals surface area (Å²) in [6.07, 6.45) is -4.79. The molecule has 0 aliphatic carbocycles. The Kier molecular flexibility index (Phi) is 4.07. The summed E-state index contributed by atoms with van der Waals surface area (Å²) in [4.78, 5) is 1.97. The van der Waals surface area contributed by atoms with E-state index in [1.54, 1.807) is 6.07 Å². The van der Waals surface area contributed by atoms with Crippen molar-refractivity contribution in [2.24, 2.45) is 0 Å². The molecule has 0 fully saturated rings. The highest BCUT2D eigenvalue weighted by Gasteiger charge is 2.36. The largest absolute Gasteiger partial charge is 0.573 e. The average molecular weight is 414 g/mol. The van der Waals surface area contributed by atoms with Gasteiger partial charge < -0.3 is 14.4 Å². The first-order chi connectivity index (χ1) is 13.1. The third-order valence-electron chi connectivity index (χ3n) is 4.58. The van der Waals surface area contributed by atoms with Crippen molar-refractivity contribution in [2.45, 2.75) is 25.7 Å². The maximum absolute atomic E-state index is 12.5. The number of ether oxygens (including phenoxy) is 2. The van der Waals surface area contributed by atoms with Gasteiger partial charge >= 0.3 is 6.36 Å². The summed E-state index contributed by atoms with van der Waals surface area (Å²) >= 11 is 6.30. The Morgan fingerprint density at radius 2 is 2.00 bits per heavy atom. The molecule has 7 nitrogen and oxygen atoms in total. The number of likely N-dealkylation sites (N-methyl/N-ethyl adjacent to an activating group) is 1. The first-order valence-corrected chi connectivity index (χ1v) is 8.62. The molecule has 1 aliphatic heterocycles. The van der Waals surface area contributed by atoms with Crippen molar-refractivity contribution in [2.75, 3.05) is 18.6 Å². The molecule has 2 aromatic heterocycles. The number of hydrogen-bond donors (Lipinski definition) is 0. The average Bonchev–Trinajstić information content (AvgIpc) is 3.00. The van der Waals surface area contributed by atoms with E-state index in [2.05, 4.69) is 20.0 Å². The Hall–Kier alpha value is -2.75. The quantitative estimate of drug-likeness (QED) is 0.634. The molecule has 148 valence electrons. The van der Waals surface area contributed by atoms with Crippen molar-refractivity contribution in [3.63, 3.8) is 0 Å². The maximum atomic E-state index is 12.5. The van der Waals surface area contributed by atoms with Crippen LogP contribution in [0.3, 0.4) is 0 Å². The summed E-state index contributed by atoms with van der Waals surface area (Å²) in [6, 6.07) is 5.42. The summed E-state index contributed by atoms with van der Waals surface area (Å²) in [5.74, 6) is 0.251. The van der Waals surface area contributed by atoms with Gasteiger partial charge in [0.05, 0.1) is 5.54 Å².